The molecule has 28 heteroatoms. The van der Waals surface area contributed by atoms with Crippen molar-refractivity contribution < 1.29 is 62.7 Å². The van der Waals surface area contributed by atoms with Gasteiger partial charge in [-0.05, 0) is 288 Å². The van der Waals surface area contributed by atoms with Gasteiger partial charge in [0.25, 0.3) is 0 Å². The maximum Gasteiger partial charge on any atom is 0.180 e. The molecule has 0 saturated heterocycles. The number of aryl methyl sites for hydroxylation is 1. The first kappa shape index (κ1) is 107. The molecular formula is C119H132Cl6N8O13S. The maximum absolute atomic E-state index is 12.9. The Morgan fingerprint density at radius 2 is 0.701 bits per heavy atom. The average molecular weight is 2130 g/mol. The van der Waals surface area contributed by atoms with Crippen molar-refractivity contribution in [2.24, 2.45) is 35.5 Å². The van der Waals surface area contributed by atoms with Crippen LogP contribution in [0.5, 0.6) is 63.2 Å². The molecule has 0 bridgehead atoms. The van der Waals surface area contributed by atoms with Gasteiger partial charge in [-0.3, -0.25) is 29.9 Å². The zero-order valence-corrected chi connectivity index (χ0v) is 88.7. The van der Waals surface area contributed by atoms with Gasteiger partial charge in [0, 0.05) is 149 Å². The summed E-state index contributed by atoms with van der Waals surface area (Å²) in [4.78, 5) is 32.1. The number of hydrogen-bond acceptors (Lipinski definition) is 19. The highest BCUT2D eigenvalue weighted by molar-refractivity contribution is 7.91. The number of H-pyrrole nitrogens is 2. The Bertz CT molecular complexity index is 6890. The van der Waals surface area contributed by atoms with Gasteiger partial charge in [0.05, 0.1) is 101 Å². The van der Waals surface area contributed by atoms with Gasteiger partial charge in [-0.2, -0.15) is 0 Å². The van der Waals surface area contributed by atoms with E-state index in [1.54, 1.807) is 147 Å². The lowest BCUT2D eigenvalue weighted by molar-refractivity contribution is 0.208. The number of rotatable bonds is 24. The number of aromatic amines is 2. The molecule has 14 aromatic rings. The van der Waals surface area contributed by atoms with Crippen LogP contribution >= 0.6 is 69.6 Å². The standard InChI is InChI=1S/C21H24ClNO3S.C21H24ClNO2.2C20H21ClN2O2.C19H22ClNO2.C18H20ClNO2/c22-19-8-9-20(24)21-17(6-7-18(19)21)15-10-16(12-23-11-15)27(25,26)13-14-4-2-1-3-5-14;22-19-8-9-20(24)21-17(6-7-18(19)21)15-10-16(12-23-11-15)25-13-14-4-2-1-3-5-14;21-18-9-17(20(24)16-6-7-23-19(16)18)14-8-15(11-22-10-14)25-12-13-4-2-1-3-5-13;21-17-6-7-18(24)19-16(11-23-20(17)19)14-8-15(10-22-9-14)25-12-13-4-2-1-3-5-13;1-13-7-16(20)9-18(19(13)22)15-8-17(11-21-10-15)23-12-14-5-3-2-4-6-14;19-15-6-7-18(21)17(9-15)14-8-16(11-20-10-14)22-12-13-4-2-1-3-5-13/h8-12,14,17,24H,1-7,13H2;8-12,14,17,24H,1-7,13H2;2*6-11,13,23-24H,1-5,12H2;7-11,14,22H,2-6,12H2,1H3;6-11,13,21H,1-5,12H2. The monoisotopic (exact) mass is 2120 g/mol. The van der Waals surface area contributed by atoms with Gasteiger partial charge < -0.3 is 64.3 Å². The summed E-state index contributed by atoms with van der Waals surface area (Å²) in [6, 6.07) is 33.7. The highest BCUT2D eigenvalue weighted by Crippen LogP contribution is 2.50. The molecule has 774 valence electrons. The van der Waals surface area contributed by atoms with E-state index in [0.29, 0.717) is 92.8 Å². The lowest BCUT2D eigenvalue weighted by atomic mass is 9.90. The number of fused-ring (bicyclic) bond motifs is 4. The van der Waals surface area contributed by atoms with E-state index in [1.807, 2.05) is 49.6 Å². The van der Waals surface area contributed by atoms with E-state index >= 15 is 0 Å². The lowest BCUT2D eigenvalue weighted by Crippen LogP contribution is -2.19. The maximum atomic E-state index is 12.9. The highest BCUT2D eigenvalue weighted by atomic mass is 35.5. The third-order valence-electron chi connectivity index (χ3n) is 30.3. The minimum Gasteiger partial charge on any atom is -0.508 e. The van der Waals surface area contributed by atoms with Crippen LogP contribution in [0.25, 0.3) is 66.3 Å². The van der Waals surface area contributed by atoms with E-state index in [-0.39, 0.29) is 52.3 Å². The van der Waals surface area contributed by atoms with E-state index in [9.17, 15) is 39.1 Å². The molecule has 0 radical (unpaired) electrons. The first-order chi connectivity index (χ1) is 71.5. The summed E-state index contributed by atoms with van der Waals surface area (Å²) in [6.45, 7) is 5.58. The van der Waals surface area contributed by atoms with Gasteiger partial charge in [-0.1, -0.05) is 185 Å². The van der Waals surface area contributed by atoms with Crippen LogP contribution in [0.3, 0.4) is 0 Å². The number of phenols is 6. The number of benzene rings is 6. The fourth-order valence-electron chi connectivity index (χ4n) is 22.3. The number of nitrogens with zero attached hydrogens (tertiary/aromatic N) is 6. The van der Waals surface area contributed by atoms with Crippen LogP contribution in [-0.4, -0.2) is 118 Å². The van der Waals surface area contributed by atoms with Crippen LogP contribution in [0.15, 0.2) is 207 Å². The first-order valence-electron chi connectivity index (χ1n) is 52.5. The molecule has 8 aliphatic carbocycles. The molecule has 0 spiro atoms. The summed E-state index contributed by atoms with van der Waals surface area (Å²) in [5.74, 6) is 8.95. The summed E-state index contributed by atoms with van der Waals surface area (Å²) in [6.07, 6.45) is 65.5. The molecule has 0 aliphatic heterocycles. The molecule has 2 unspecified atom stereocenters. The third-order valence-corrected chi connectivity index (χ3v) is 34.0. The normalized spacial score (nSPS) is 17.3. The Balaban J connectivity index is 0.000000121. The molecule has 6 saturated carbocycles. The van der Waals surface area contributed by atoms with E-state index in [1.165, 1.54) is 173 Å². The van der Waals surface area contributed by atoms with Gasteiger partial charge in [0.1, 0.15) is 63.2 Å². The first-order valence-corrected chi connectivity index (χ1v) is 56.4. The van der Waals surface area contributed by atoms with Crippen molar-refractivity contribution in [2.45, 2.75) is 242 Å². The predicted octanol–water partition coefficient (Wildman–Crippen LogP) is 31.9. The van der Waals surface area contributed by atoms with Crippen LogP contribution in [0.2, 0.25) is 30.1 Å². The van der Waals surface area contributed by atoms with E-state index in [0.717, 1.165) is 196 Å². The summed E-state index contributed by atoms with van der Waals surface area (Å²) < 4.78 is 55.7. The van der Waals surface area contributed by atoms with E-state index < -0.39 is 9.84 Å². The molecule has 6 aromatic carbocycles. The minimum absolute atomic E-state index is 0.0731. The van der Waals surface area contributed by atoms with Crippen molar-refractivity contribution in [3.05, 3.63) is 271 Å². The van der Waals surface area contributed by atoms with Crippen molar-refractivity contribution >= 4 is 101 Å². The summed E-state index contributed by atoms with van der Waals surface area (Å²) in [7, 11) is -3.36. The van der Waals surface area contributed by atoms with Gasteiger partial charge in [-0.25, -0.2) is 8.42 Å². The van der Waals surface area contributed by atoms with Gasteiger partial charge >= 0.3 is 0 Å². The van der Waals surface area contributed by atoms with Crippen molar-refractivity contribution in [3.8, 4) is 108 Å². The number of aromatic hydroxyl groups is 6. The summed E-state index contributed by atoms with van der Waals surface area (Å²) in [5, 5.41) is 66.9. The zero-order valence-electron chi connectivity index (χ0n) is 83.4. The number of pyridine rings is 6. The number of sulfone groups is 1. The number of ether oxygens (including phenoxy) is 5. The van der Waals surface area contributed by atoms with Crippen molar-refractivity contribution in [1.29, 1.82) is 0 Å². The summed E-state index contributed by atoms with van der Waals surface area (Å²) in [5.41, 5.74) is 14.1. The number of hydrogen-bond donors (Lipinski definition) is 8. The molecule has 2 atom stereocenters. The van der Waals surface area contributed by atoms with Crippen LogP contribution < -0.4 is 23.7 Å². The Labute approximate surface area is 892 Å². The fourth-order valence-corrected chi connectivity index (χ4v) is 25.4. The SMILES string of the molecule is Cc1cc(Cl)cc(-c2cncc(OCC3CCCCC3)c2)c1O.O=S(=O)(CC1CCCCC1)c1cncc(C2CCc3c(Cl)ccc(O)c32)c1.Oc1c(-c2cncc(OCC3CCCCC3)c2)cc(Cl)c2[nH]ccc12.Oc1ccc(Cl)c2[nH]cc(-c3cncc(OCC4CCCCC4)c3)c12.Oc1ccc(Cl)c2c1C(c1cncc(OCC3CCCCC3)c1)CC2.Oc1ccc(Cl)cc1-c1cncc(OCC2CCCCC2)c1. The Morgan fingerprint density at radius 3 is 1.16 bits per heavy atom. The molecule has 8 aliphatic rings. The molecule has 147 heavy (non-hydrogen) atoms. The molecule has 6 fully saturated rings. The zero-order chi connectivity index (χ0) is 102. The van der Waals surface area contributed by atoms with E-state index in [2.05, 4.69) is 45.9 Å². The topological polar surface area (TPSA) is 311 Å². The largest absolute Gasteiger partial charge is 0.508 e. The number of halogens is 6. The second kappa shape index (κ2) is 51.8. The smallest absolute Gasteiger partial charge is 0.180 e. The molecule has 21 nitrogen and oxygen atoms in total. The second-order valence-corrected chi connectivity index (χ2v) is 45.4. The lowest BCUT2D eigenvalue weighted by Gasteiger charge is -2.22. The Hall–Kier alpha value is -11.2. The molecular weight excluding hydrogens is 1990 g/mol. The minimum atomic E-state index is -3.36. The summed E-state index contributed by atoms with van der Waals surface area (Å²) >= 11 is 37.3. The Morgan fingerprint density at radius 1 is 0.327 bits per heavy atom. The van der Waals surface area contributed by atoms with Crippen LogP contribution in [0.4, 0.5) is 0 Å². The van der Waals surface area contributed by atoms with Gasteiger partial charge in [-0.15, -0.1) is 0 Å². The van der Waals surface area contributed by atoms with Crippen LogP contribution in [0, 0.1) is 42.4 Å². The quantitative estimate of drug-likeness (QED) is 0.0279. The average Bonchev–Trinajstić information content (AvgIpc) is 1.36. The predicted molar refractivity (Wildman–Crippen MR) is 588 cm³/mol. The van der Waals surface area contributed by atoms with Crippen LogP contribution in [0.1, 0.15) is 256 Å². The van der Waals surface area contributed by atoms with Crippen LogP contribution in [-0.2, 0) is 22.7 Å². The van der Waals surface area contributed by atoms with Gasteiger partial charge in [0.2, 0.25) is 0 Å². The van der Waals surface area contributed by atoms with Crippen molar-refractivity contribution in [3.63, 3.8) is 0 Å². The van der Waals surface area contributed by atoms with E-state index in [4.69, 9.17) is 93.3 Å². The number of nitrogens with one attached hydrogen (secondary N) is 2. The number of aromatic nitrogens is 8. The van der Waals surface area contributed by atoms with Crippen molar-refractivity contribution in [2.75, 3.05) is 38.8 Å². The molecule has 22 rings (SSSR count). The third kappa shape index (κ3) is 28.3. The second-order valence-electron chi connectivity index (χ2n) is 40.8. The molecule has 0 amide bonds. The molecule has 8 heterocycles. The van der Waals surface area contributed by atoms with Crippen molar-refractivity contribution in [1.82, 2.24) is 39.9 Å². The van der Waals surface area contributed by atoms with Gasteiger partial charge in [0.15, 0.2) is 9.84 Å². The molecule has 8 N–H and O–H groups in total. The number of phenolic OH excluding ortho intramolecular Hbond substituents is 6. The fraction of sp³-hybridized carbons (Fsp3) is 0.412. The Kier molecular flexibility index (Phi) is 37.7. The highest BCUT2D eigenvalue weighted by Gasteiger charge is 2.34. The molecule has 8 aromatic heterocycles.